The van der Waals surface area contributed by atoms with Crippen molar-refractivity contribution < 1.29 is 28.9 Å². The number of aromatic hydroxyl groups is 1. The highest BCUT2D eigenvalue weighted by molar-refractivity contribution is 5.94. The Kier molecular flexibility index (Phi) is 10.9. The third-order valence-corrected chi connectivity index (χ3v) is 7.18. The van der Waals surface area contributed by atoms with Gasteiger partial charge in [-0.2, -0.15) is 10.2 Å². The number of ether oxygens (including phenoxy) is 3. The van der Waals surface area contributed by atoms with E-state index in [9.17, 15) is 14.7 Å². The largest absolute Gasteiger partial charge is 0.508 e. The van der Waals surface area contributed by atoms with Gasteiger partial charge in [0.2, 0.25) is 0 Å². The number of benzene rings is 5. The van der Waals surface area contributed by atoms with Crippen LogP contribution in [0.15, 0.2) is 120 Å². The molecule has 0 aromatic heterocycles. The van der Waals surface area contributed by atoms with Crippen molar-refractivity contribution in [3.63, 3.8) is 0 Å². The van der Waals surface area contributed by atoms with Gasteiger partial charge >= 0.3 is 11.9 Å². The molecule has 46 heavy (non-hydrogen) atoms. The average Bonchev–Trinajstić information content (AvgIpc) is 3.08. The summed E-state index contributed by atoms with van der Waals surface area (Å²) in [5.41, 5.74) is 2.22. The van der Waals surface area contributed by atoms with Gasteiger partial charge in [-0.3, -0.25) is 0 Å². The molecule has 0 fully saturated rings. The summed E-state index contributed by atoms with van der Waals surface area (Å²) in [4.78, 5) is 23.8. The molecule has 0 heterocycles. The highest BCUT2D eigenvalue weighted by atomic mass is 16.5. The second-order valence-corrected chi connectivity index (χ2v) is 10.6. The fraction of sp³-hybridized carbons (Fsp3) is 0.158. The van der Waals surface area contributed by atoms with Crippen LogP contribution in [-0.2, 0) is 9.53 Å². The maximum Gasteiger partial charge on any atom is 0.343 e. The van der Waals surface area contributed by atoms with Crippen LogP contribution in [0, 0.1) is 0 Å². The number of rotatable bonds is 14. The number of hydrogen-bond acceptors (Lipinski definition) is 8. The van der Waals surface area contributed by atoms with Crippen LogP contribution in [0.2, 0.25) is 0 Å². The fourth-order valence-corrected chi connectivity index (χ4v) is 4.75. The summed E-state index contributed by atoms with van der Waals surface area (Å²) in [5, 5.41) is 21.9. The lowest BCUT2D eigenvalue weighted by Crippen LogP contribution is -2.08. The molecule has 0 atom stereocenters. The van der Waals surface area contributed by atoms with Crippen LogP contribution in [0.3, 0.4) is 0 Å². The number of phenolic OH excluding ortho intramolecular Hbond substituents is 1. The summed E-state index contributed by atoms with van der Waals surface area (Å²) in [6, 6.07) is 29.3. The first-order chi connectivity index (χ1) is 22.5. The molecule has 0 spiro atoms. The Morgan fingerprint density at radius 2 is 1.22 bits per heavy atom. The van der Waals surface area contributed by atoms with Crippen LogP contribution >= 0.6 is 0 Å². The molecule has 0 unspecified atom stereocenters. The SMILES string of the molecule is C=CC(=O)OCCCCCCOc1ccc(C(=O)Oc2ccc3cc(/C=N/N=C/c4ccc5cc(O)ccc5c4)ccc3c2)cc1. The van der Waals surface area contributed by atoms with Crippen molar-refractivity contribution in [1.82, 2.24) is 0 Å². The van der Waals surface area contributed by atoms with E-state index in [1.165, 1.54) is 0 Å². The molecule has 8 heteroatoms. The lowest BCUT2D eigenvalue weighted by Gasteiger charge is -2.08. The normalized spacial score (nSPS) is 11.3. The molecule has 0 aliphatic heterocycles. The molecule has 0 aliphatic carbocycles. The van der Waals surface area contributed by atoms with Crippen molar-refractivity contribution in [2.75, 3.05) is 13.2 Å². The van der Waals surface area contributed by atoms with E-state index in [0.717, 1.165) is 64.4 Å². The van der Waals surface area contributed by atoms with Crippen molar-refractivity contribution in [3.05, 3.63) is 126 Å². The van der Waals surface area contributed by atoms with E-state index in [1.54, 1.807) is 54.9 Å². The summed E-state index contributed by atoms with van der Waals surface area (Å²) in [6.07, 6.45) is 8.13. The molecule has 5 rings (SSSR count). The molecule has 0 bridgehead atoms. The van der Waals surface area contributed by atoms with E-state index >= 15 is 0 Å². The van der Waals surface area contributed by atoms with Gasteiger partial charge in [-0.15, -0.1) is 0 Å². The molecule has 8 nitrogen and oxygen atoms in total. The minimum atomic E-state index is -0.450. The van der Waals surface area contributed by atoms with Crippen molar-refractivity contribution in [3.8, 4) is 17.2 Å². The van der Waals surface area contributed by atoms with Crippen molar-refractivity contribution in [2.24, 2.45) is 10.2 Å². The Bertz CT molecular complexity index is 1900. The van der Waals surface area contributed by atoms with Crippen LogP contribution in [0.4, 0.5) is 0 Å². The molecular formula is C38H34N2O6. The summed E-state index contributed by atoms with van der Waals surface area (Å²) < 4.78 is 16.4. The number of esters is 2. The predicted octanol–water partition coefficient (Wildman–Crippen LogP) is 8.04. The summed E-state index contributed by atoms with van der Waals surface area (Å²) in [7, 11) is 0. The summed E-state index contributed by atoms with van der Waals surface area (Å²) >= 11 is 0. The Hall–Kier alpha value is -5.76. The highest BCUT2D eigenvalue weighted by Gasteiger charge is 2.10. The topological polar surface area (TPSA) is 107 Å². The highest BCUT2D eigenvalue weighted by Crippen LogP contribution is 2.24. The smallest absolute Gasteiger partial charge is 0.343 e. The second-order valence-electron chi connectivity index (χ2n) is 10.6. The second kappa shape index (κ2) is 15.8. The standard InChI is InChI=1S/C38H34N2O6/c1-2-37(42)45-20-6-4-3-5-19-44-35-16-12-29(13-17-35)38(43)46-36-18-14-31-22-28(8-10-33(31)24-36)26-40-39-25-27-7-9-32-23-34(41)15-11-30(32)21-27/h2,7-18,21-26,41H,1,3-6,19-20H2/b39-25+,40-26+. The van der Waals surface area contributed by atoms with Crippen LogP contribution in [0.5, 0.6) is 17.2 Å². The predicted molar refractivity (Wildman–Crippen MR) is 181 cm³/mol. The fourth-order valence-electron chi connectivity index (χ4n) is 4.75. The minimum absolute atomic E-state index is 0.238. The quantitative estimate of drug-likeness (QED) is 0.0339. The Morgan fingerprint density at radius 3 is 1.89 bits per heavy atom. The monoisotopic (exact) mass is 614 g/mol. The van der Waals surface area contributed by atoms with E-state index < -0.39 is 11.9 Å². The molecule has 5 aromatic carbocycles. The third-order valence-electron chi connectivity index (χ3n) is 7.18. The summed E-state index contributed by atoms with van der Waals surface area (Å²) in [5.74, 6) is 0.531. The number of unbranched alkanes of at least 4 members (excludes halogenated alkanes) is 3. The number of hydrogen-bond donors (Lipinski definition) is 1. The van der Waals surface area contributed by atoms with Gasteiger partial charge in [0, 0.05) is 6.08 Å². The number of carbonyl (C=O) groups excluding carboxylic acids is 2. The molecule has 0 radical (unpaired) electrons. The average molecular weight is 615 g/mol. The molecule has 1 N–H and O–H groups in total. The van der Waals surface area contributed by atoms with Gasteiger partial charge in [-0.1, -0.05) is 43.0 Å². The van der Waals surface area contributed by atoms with Gasteiger partial charge in [-0.25, -0.2) is 9.59 Å². The van der Waals surface area contributed by atoms with Gasteiger partial charge in [-0.05, 0) is 119 Å². The first-order valence-corrected chi connectivity index (χ1v) is 15.0. The number of phenols is 1. The van der Waals surface area contributed by atoms with E-state index in [4.69, 9.17) is 14.2 Å². The van der Waals surface area contributed by atoms with E-state index in [-0.39, 0.29) is 5.75 Å². The van der Waals surface area contributed by atoms with Crippen LogP contribution in [0.25, 0.3) is 21.5 Å². The van der Waals surface area contributed by atoms with Crippen molar-refractivity contribution in [2.45, 2.75) is 25.7 Å². The molecule has 0 amide bonds. The lowest BCUT2D eigenvalue weighted by atomic mass is 10.1. The lowest BCUT2D eigenvalue weighted by molar-refractivity contribution is -0.137. The van der Waals surface area contributed by atoms with E-state index in [1.807, 2.05) is 54.6 Å². The van der Waals surface area contributed by atoms with Crippen LogP contribution < -0.4 is 9.47 Å². The van der Waals surface area contributed by atoms with Crippen molar-refractivity contribution in [1.29, 1.82) is 0 Å². The van der Waals surface area contributed by atoms with Crippen LogP contribution in [0.1, 0.15) is 47.2 Å². The van der Waals surface area contributed by atoms with E-state index in [0.29, 0.717) is 30.3 Å². The zero-order valence-electron chi connectivity index (χ0n) is 25.3. The van der Waals surface area contributed by atoms with Gasteiger partial charge in [0.05, 0.1) is 31.2 Å². The molecule has 232 valence electrons. The number of carbonyl (C=O) groups is 2. The van der Waals surface area contributed by atoms with Gasteiger partial charge in [0.25, 0.3) is 0 Å². The van der Waals surface area contributed by atoms with Gasteiger partial charge in [0.15, 0.2) is 0 Å². The Labute approximate surface area is 267 Å². The molecule has 0 saturated heterocycles. The molecule has 0 saturated carbocycles. The van der Waals surface area contributed by atoms with Gasteiger partial charge in [0.1, 0.15) is 17.2 Å². The van der Waals surface area contributed by atoms with Crippen molar-refractivity contribution >= 4 is 45.9 Å². The van der Waals surface area contributed by atoms with Gasteiger partial charge < -0.3 is 19.3 Å². The minimum Gasteiger partial charge on any atom is -0.508 e. The first kappa shape index (κ1) is 31.7. The first-order valence-electron chi connectivity index (χ1n) is 15.0. The molecule has 0 aliphatic rings. The van der Waals surface area contributed by atoms with E-state index in [2.05, 4.69) is 16.8 Å². The summed E-state index contributed by atoms with van der Waals surface area (Å²) in [6.45, 7) is 4.33. The number of fused-ring (bicyclic) bond motifs is 2. The van der Waals surface area contributed by atoms with Crippen LogP contribution in [-0.4, -0.2) is 42.7 Å². The zero-order valence-corrected chi connectivity index (χ0v) is 25.3. The molecule has 5 aromatic rings. The number of nitrogens with zero attached hydrogens (tertiary/aromatic N) is 2. The molecular weight excluding hydrogens is 580 g/mol. The Balaban J connectivity index is 1.08. The maximum absolute atomic E-state index is 12.7. The zero-order chi connectivity index (χ0) is 32.1. The maximum atomic E-state index is 12.7. The Morgan fingerprint density at radius 1 is 0.652 bits per heavy atom. The third kappa shape index (κ3) is 9.12.